The van der Waals surface area contributed by atoms with Crippen molar-refractivity contribution in [3.63, 3.8) is 0 Å². The Balaban J connectivity index is 2.13. The molecule has 0 N–H and O–H groups in total. The van der Waals surface area contributed by atoms with Gasteiger partial charge in [-0.2, -0.15) is 0 Å². The number of halogens is 1. The molecule has 0 bridgehead atoms. The molecular formula is C16H17FN2O2S. The fourth-order valence-electron chi connectivity index (χ4n) is 2.75. The molecule has 0 unspecified atom stereocenters. The minimum atomic E-state index is -3.71. The van der Waals surface area contributed by atoms with E-state index in [0.29, 0.717) is 24.3 Å². The number of fused-ring (bicyclic) bond motifs is 1. The third-order valence-electron chi connectivity index (χ3n) is 3.91. The van der Waals surface area contributed by atoms with Crippen LogP contribution in [-0.4, -0.2) is 28.6 Å². The van der Waals surface area contributed by atoms with Crippen LogP contribution in [0.4, 0.5) is 15.8 Å². The zero-order valence-electron chi connectivity index (χ0n) is 12.5. The van der Waals surface area contributed by atoms with Crippen LogP contribution in [0.25, 0.3) is 0 Å². The molecule has 0 saturated carbocycles. The molecule has 2 aromatic rings. The average molecular weight is 320 g/mol. The summed E-state index contributed by atoms with van der Waals surface area (Å²) in [4.78, 5) is 2.17. The largest absolute Gasteiger partial charge is 0.371 e. The summed E-state index contributed by atoms with van der Waals surface area (Å²) in [7, 11) is -1.77. The molecule has 0 amide bonds. The molecule has 4 nitrogen and oxygen atoms in total. The predicted octanol–water partition coefficient (Wildman–Crippen LogP) is 2.78. The van der Waals surface area contributed by atoms with E-state index in [-0.39, 0.29) is 4.90 Å². The van der Waals surface area contributed by atoms with E-state index in [2.05, 4.69) is 0 Å². The van der Waals surface area contributed by atoms with Gasteiger partial charge in [-0.1, -0.05) is 12.1 Å². The molecule has 0 spiro atoms. The van der Waals surface area contributed by atoms with Crippen LogP contribution in [0.3, 0.4) is 0 Å². The second-order valence-electron chi connectivity index (χ2n) is 5.40. The van der Waals surface area contributed by atoms with Crippen LogP contribution in [0.5, 0.6) is 0 Å². The highest BCUT2D eigenvalue weighted by Gasteiger charge is 2.31. The van der Waals surface area contributed by atoms with E-state index in [1.807, 2.05) is 30.1 Å². The lowest BCUT2D eigenvalue weighted by molar-refractivity contribution is 0.587. The van der Waals surface area contributed by atoms with Gasteiger partial charge in [-0.25, -0.2) is 12.8 Å². The van der Waals surface area contributed by atoms with Gasteiger partial charge in [0.05, 0.1) is 22.8 Å². The molecule has 1 aliphatic rings. The summed E-state index contributed by atoms with van der Waals surface area (Å²) in [6, 6.07) is 11.2. The standard InChI is InChI=1S/C16H17FN2O2S/c1-12-11-13(17)7-8-16(12)22(20,21)19-10-9-18(2)14-5-3-4-6-15(14)19/h3-8,11H,9-10H2,1-2H3. The molecular weight excluding hydrogens is 303 g/mol. The molecule has 0 fully saturated rings. The number of aryl methyl sites for hydroxylation is 1. The molecule has 22 heavy (non-hydrogen) atoms. The van der Waals surface area contributed by atoms with E-state index in [1.165, 1.54) is 22.5 Å². The van der Waals surface area contributed by atoms with Crippen molar-refractivity contribution >= 4 is 21.4 Å². The maximum atomic E-state index is 13.3. The zero-order chi connectivity index (χ0) is 15.9. The summed E-state index contributed by atoms with van der Waals surface area (Å²) in [6.45, 7) is 2.58. The number of likely N-dealkylation sites (N-methyl/N-ethyl adjacent to an activating group) is 1. The van der Waals surface area contributed by atoms with Gasteiger partial charge in [-0.15, -0.1) is 0 Å². The van der Waals surface area contributed by atoms with E-state index in [0.717, 1.165) is 5.69 Å². The Hall–Kier alpha value is -2.08. The van der Waals surface area contributed by atoms with Crippen LogP contribution in [-0.2, 0) is 10.0 Å². The van der Waals surface area contributed by atoms with Crippen molar-refractivity contribution < 1.29 is 12.8 Å². The molecule has 2 aromatic carbocycles. The Morgan fingerprint density at radius 1 is 1.05 bits per heavy atom. The first-order valence-corrected chi connectivity index (χ1v) is 8.44. The normalized spacial score (nSPS) is 14.9. The third-order valence-corrected chi connectivity index (χ3v) is 5.88. The molecule has 1 heterocycles. The number of para-hydroxylation sites is 2. The molecule has 0 radical (unpaired) electrons. The van der Waals surface area contributed by atoms with Crippen LogP contribution in [0.15, 0.2) is 47.4 Å². The second kappa shape index (κ2) is 5.28. The van der Waals surface area contributed by atoms with Crippen molar-refractivity contribution in [3.8, 4) is 0 Å². The summed E-state index contributed by atoms with van der Waals surface area (Å²) >= 11 is 0. The molecule has 6 heteroatoms. The van der Waals surface area contributed by atoms with Gasteiger partial charge in [0, 0.05) is 13.6 Å². The Morgan fingerprint density at radius 3 is 2.41 bits per heavy atom. The van der Waals surface area contributed by atoms with Crippen molar-refractivity contribution in [2.45, 2.75) is 11.8 Å². The lowest BCUT2D eigenvalue weighted by atomic mass is 10.2. The fraction of sp³-hybridized carbons (Fsp3) is 0.250. The molecule has 1 aliphatic heterocycles. The summed E-state index contributed by atoms with van der Waals surface area (Å²) < 4.78 is 40.6. The number of hydrogen-bond donors (Lipinski definition) is 0. The lowest BCUT2D eigenvalue weighted by Crippen LogP contribution is -2.42. The van der Waals surface area contributed by atoms with Crippen molar-refractivity contribution in [3.05, 3.63) is 53.8 Å². The van der Waals surface area contributed by atoms with Crippen LogP contribution >= 0.6 is 0 Å². The number of anilines is 2. The summed E-state index contributed by atoms with van der Waals surface area (Å²) in [6.07, 6.45) is 0. The van der Waals surface area contributed by atoms with E-state index in [1.54, 1.807) is 13.0 Å². The van der Waals surface area contributed by atoms with E-state index < -0.39 is 15.8 Å². The number of rotatable bonds is 2. The topological polar surface area (TPSA) is 40.6 Å². The SMILES string of the molecule is Cc1cc(F)ccc1S(=O)(=O)N1CCN(C)c2ccccc21. The maximum Gasteiger partial charge on any atom is 0.264 e. The highest BCUT2D eigenvalue weighted by Crippen LogP contribution is 2.36. The minimum Gasteiger partial charge on any atom is -0.371 e. The first-order chi connectivity index (χ1) is 10.4. The van der Waals surface area contributed by atoms with Gasteiger partial charge in [0.25, 0.3) is 10.0 Å². The first kappa shape index (κ1) is 14.8. The zero-order valence-corrected chi connectivity index (χ0v) is 13.3. The van der Waals surface area contributed by atoms with Gasteiger partial charge in [-0.05, 0) is 42.8 Å². The van der Waals surface area contributed by atoms with Gasteiger partial charge in [-0.3, -0.25) is 4.31 Å². The van der Waals surface area contributed by atoms with E-state index in [9.17, 15) is 12.8 Å². The minimum absolute atomic E-state index is 0.147. The van der Waals surface area contributed by atoms with Crippen molar-refractivity contribution in [1.29, 1.82) is 0 Å². The second-order valence-corrected chi connectivity index (χ2v) is 7.23. The Morgan fingerprint density at radius 2 is 1.73 bits per heavy atom. The van der Waals surface area contributed by atoms with Gasteiger partial charge in [0.2, 0.25) is 0 Å². The highest BCUT2D eigenvalue weighted by atomic mass is 32.2. The molecule has 116 valence electrons. The first-order valence-electron chi connectivity index (χ1n) is 7.00. The molecule has 0 atom stereocenters. The third kappa shape index (κ3) is 2.33. The lowest BCUT2D eigenvalue weighted by Gasteiger charge is -2.36. The van der Waals surface area contributed by atoms with Crippen molar-refractivity contribution in [1.82, 2.24) is 0 Å². The smallest absolute Gasteiger partial charge is 0.264 e. The van der Waals surface area contributed by atoms with Crippen LogP contribution in [0.1, 0.15) is 5.56 Å². The van der Waals surface area contributed by atoms with Crippen molar-refractivity contribution in [2.75, 3.05) is 29.3 Å². The van der Waals surface area contributed by atoms with Crippen LogP contribution < -0.4 is 9.21 Å². The molecule has 0 saturated heterocycles. The maximum absolute atomic E-state index is 13.3. The fourth-order valence-corrected chi connectivity index (χ4v) is 4.43. The summed E-state index contributed by atoms with van der Waals surface area (Å²) in [5.41, 5.74) is 1.94. The number of sulfonamides is 1. The van der Waals surface area contributed by atoms with E-state index in [4.69, 9.17) is 0 Å². The predicted molar refractivity (Wildman–Crippen MR) is 85.4 cm³/mol. The number of hydrogen-bond acceptors (Lipinski definition) is 3. The Bertz CT molecular complexity index is 821. The molecule has 0 aliphatic carbocycles. The molecule has 0 aromatic heterocycles. The van der Waals surface area contributed by atoms with Crippen LogP contribution in [0, 0.1) is 12.7 Å². The van der Waals surface area contributed by atoms with E-state index >= 15 is 0 Å². The number of benzene rings is 2. The Kier molecular flexibility index (Phi) is 3.56. The summed E-state index contributed by atoms with van der Waals surface area (Å²) in [5.74, 6) is -0.435. The molecule has 3 rings (SSSR count). The van der Waals surface area contributed by atoms with Gasteiger partial charge >= 0.3 is 0 Å². The van der Waals surface area contributed by atoms with Gasteiger partial charge in [0.15, 0.2) is 0 Å². The van der Waals surface area contributed by atoms with Crippen LogP contribution in [0.2, 0.25) is 0 Å². The number of nitrogens with zero attached hydrogens (tertiary/aromatic N) is 2. The quantitative estimate of drug-likeness (QED) is 0.854. The van der Waals surface area contributed by atoms with Gasteiger partial charge in [0.1, 0.15) is 5.82 Å². The van der Waals surface area contributed by atoms with Crippen molar-refractivity contribution in [2.24, 2.45) is 0 Å². The monoisotopic (exact) mass is 320 g/mol. The highest BCUT2D eigenvalue weighted by molar-refractivity contribution is 7.93. The summed E-state index contributed by atoms with van der Waals surface area (Å²) in [5, 5.41) is 0. The average Bonchev–Trinajstić information content (AvgIpc) is 2.47. The van der Waals surface area contributed by atoms with Gasteiger partial charge < -0.3 is 4.90 Å². The Labute approximate surface area is 129 Å².